The molecule has 2 aromatic rings. The average molecular weight is 735 g/mol. The van der Waals surface area contributed by atoms with E-state index >= 15 is 0 Å². The second-order valence-electron chi connectivity index (χ2n) is 18.5. The number of ether oxygens (including phenoxy) is 4. The van der Waals surface area contributed by atoms with Crippen LogP contribution in [0.2, 0.25) is 0 Å². The van der Waals surface area contributed by atoms with Gasteiger partial charge in [0, 0.05) is 66.6 Å². The molecule has 11 heteroatoms. The van der Waals surface area contributed by atoms with Crippen molar-refractivity contribution in [3.8, 4) is 5.75 Å². The molecule has 4 spiro atoms. The number of fused-ring (bicyclic) bond motifs is 4. The van der Waals surface area contributed by atoms with Gasteiger partial charge in [0.15, 0.2) is 0 Å². The second kappa shape index (κ2) is 10.8. The Morgan fingerprint density at radius 1 is 0.963 bits per heavy atom. The number of hydrogen-bond acceptors (Lipinski definition) is 11. The van der Waals surface area contributed by atoms with E-state index < -0.39 is 22.5 Å². The van der Waals surface area contributed by atoms with Crippen LogP contribution >= 0.6 is 0 Å². The maximum absolute atomic E-state index is 14.0. The fourth-order valence-electron chi connectivity index (χ4n) is 15.7. The van der Waals surface area contributed by atoms with E-state index in [0.717, 1.165) is 80.0 Å². The molecule has 1 saturated carbocycles. The van der Waals surface area contributed by atoms with E-state index in [1.807, 2.05) is 6.07 Å². The number of carbonyl (C=O) groups is 2. The summed E-state index contributed by atoms with van der Waals surface area (Å²) in [6.45, 7) is 3.93. The van der Waals surface area contributed by atoms with Gasteiger partial charge in [-0.2, -0.15) is 0 Å². The molecule has 8 fully saturated rings. The summed E-state index contributed by atoms with van der Waals surface area (Å²) in [5, 5.41) is 17.1. The summed E-state index contributed by atoms with van der Waals surface area (Å²) in [5.41, 5.74) is 3.17. The maximum Gasteiger partial charge on any atom is 0.335 e. The number of para-hydroxylation sites is 3. The maximum atomic E-state index is 14.0. The van der Waals surface area contributed by atoms with Gasteiger partial charge in [-0.15, -0.1) is 0 Å². The van der Waals surface area contributed by atoms with Gasteiger partial charge in [0.2, 0.25) is 0 Å². The van der Waals surface area contributed by atoms with Gasteiger partial charge in [0.25, 0.3) is 0 Å². The topological polar surface area (TPSA) is 113 Å². The molecular weight excluding hydrogens is 684 g/mol. The SMILES string of the molecule is COC(=O)C1=C2Nc3ccccc3[C@@]23CCN2C3[C@]3(CCO[C@H]3[C@@]3(CC4C[C@]56CC(=O)O[C@H]5CCN5CC[C@H](C4N(c4ccccc4OC)C3)C56)[C@H]2O)C1. The minimum absolute atomic E-state index is 0.0450. The summed E-state index contributed by atoms with van der Waals surface area (Å²) in [6, 6.07) is 17.3. The third-order valence-corrected chi connectivity index (χ3v) is 16.8. The first kappa shape index (κ1) is 32.6. The largest absolute Gasteiger partial charge is 0.495 e. The van der Waals surface area contributed by atoms with Gasteiger partial charge in [-0.3, -0.25) is 14.6 Å². The Hall–Kier alpha value is -3.64. The molecule has 8 aliphatic heterocycles. The normalized spacial score (nSPS) is 45.1. The van der Waals surface area contributed by atoms with Crippen molar-refractivity contribution in [2.45, 2.75) is 93.3 Å². The summed E-state index contributed by atoms with van der Waals surface area (Å²) in [7, 11) is 3.25. The number of piperidine rings is 3. The highest BCUT2D eigenvalue weighted by Gasteiger charge is 2.78. The minimum Gasteiger partial charge on any atom is -0.495 e. The molecule has 7 saturated heterocycles. The van der Waals surface area contributed by atoms with Crippen molar-refractivity contribution in [1.82, 2.24) is 9.80 Å². The number of methoxy groups -OCH3 is 2. The van der Waals surface area contributed by atoms with Crippen molar-refractivity contribution in [3.05, 3.63) is 65.4 Å². The highest BCUT2D eigenvalue weighted by molar-refractivity contribution is 5.93. The zero-order chi connectivity index (χ0) is 36.4. The molecule has 0 amide bonds. The summed E-state index contributed by atoms with van der Waals surface area (Å²) in [4.78, 5) is 35.0. The lowest BCUT2D eigenvalue weighted by Gasteiger charge is -2.69. The third-order valence-electron chi connectivity index (χ3n) is 16.8. The van der Waals surface area contributed by atoms with Crippen molar-refractivity contribution in [1.29, 1.82) is 0 Å². The molecule has 54 heavy (non-hydrogen) atoms. The Bertz CT molecular complexity index is 2020. The molecule has 2 N–H and O–H groups in total. The van der Waals surface area contributed by atoms with Crippen LogP contribution in [0.3, 0.4) is 0 Å². The second-order valence-corrected chi connectivity index (χ2v) is 18.5. The van der Waals surface area contributed by atoms with Crippen LogP contribution < -0.4 is 15.0 Å². The van der Waals surface area contributed by atoms with Gasteiger partial charge < -0.3 is 34.3 Å². The van der Waals surface area contributed by atoms with Crippen molar-refractivity contribution in [3.63, 3.8) is 0 Å². The lowest BCUT2D eigenvalue weighted by molar-refractivity contribution is -0.250. The number of nitrogens with zero attached hydrogens (tertiary/aromatic N) is 3. The molecule has 10 aliphatic rings. The van der Waals surface area contributed by atoms with Crippen molar-refractivity contribution in [2.75, 3.05) is 57.2 Å². The molecule has 12 atom stereocenters. The van der Waals surface area contributed by atoms with Gasteiger partial charge in [-0.25, -0.2) is 4.79 Å². The summed E-state index contributed by atoms with van der Waals surface area (Å²) >= 11 is 0. The Morgan fingerprint density at radius 3 is 2.65 bits per heavy atom. The quantitative estimate of drug-likeness (QED) is 0.446. The van der Waals surface area contributed by atoms with Gasteiger partial charge in [0.1, 0.15) is 18.1 Å². The summed E-state index contributed by atoms with van der Waals surface area (Å²) in [6.07, 6.45) is 5.13. The number of aliphatic hydroxyl groups is 1. The zero-order valence-electron chi connectivity index (χ0n) is 31.2. The van der Waals surface area contributed by atoms with Gasteiger partial charge in [-0.05, 0) is 87.1 Å². The highest BCUT2D eigenvalue weighted by atomic mass is 16.6. The minimum atomic E-state index is -0.774. The van der Waals surface area contributed by atoms with Crippen LogP contribution in [0.4, 0.5) is 11.4 Å². The van der Waals surface area contributed by atoms with E-state index in [1.54, 1.807) is 7.11 Å². The molecule has 0 radical (unpaired) electrons. The highest BCUT2D eigenvalue weighted by Crippen LogP contribution is 2.73. The van der Waals surface area contributed by atoms with Crippen LogP contribution in [0.5, 0.6) is 5.75 Å². The molecule has 2 aliphatic carbocycles. The number of anilines is 2. The first-order valence-corrected chi connectivity index (χ1v) is 20.4. The third kappa shape index (κ3) is 3.65. The van der Waals surface area contributed by atoms with Crippen molar-refractivity contribution >= 4 is 23.3 Å². The van der Waals surface area contributed by atoms with Crippen molar-refractivity contribution in [2.24, 2.45) is 28.1 Å². The van der Waals surface area contributed by atoms with Gasteiger partial charge >= 0.3 is 11.9 Å². The lowest BCUT2D eigenvalue weighted by Crippen LogP contribution is -2.78. The van der Waals surface area contributed by atoms with E-state index in [-0.39, 0.29) is 47.6 Å². The fraction of sp³-hybridized carbons (Fsp3) is 0.628. The van der Waals surface area contributed by atoms with Crippen LogP contribution in [0.1, 0.15) is 56.9 Å². The molecule has 8 heterocycles. The number of carbonyl (C=O) groups excluding carboxylic acids is 2. The Kier molecular flexibility index (Phi) is 6.52. The summed E-state index contributed by atoms with van der Waals surface area (Å²) in [5.74, 6) is 1.05. The molecule has 4 unspecified atom stereocenters. The van der Waals surface area contributed by atoms with E-state index in [2.05, 4.69) is 62.5 Å². The molecule has 11 nitrogen and oxygen atoms in total. The van der Waals surface area contributed by atoms with Gasteiger partial charge in [0.05, 0.1) is 48.8 Å². The predicted octanol–water partition coefficient (Wildman–Crippen LogP) is 4.05. The van der Waals surface area contributed by atoms with Gasteiger partial charge in [-0.1, -0.05) is 30.3 Å². The van der Waals surface area contributed by atoms with Crippen LogP contribution in [-0.2, 0) is 29.2 Å². The van der Waals surface area contributed by atoms with Crippen LogP contribution in [0, 0.1) is 28.1 Å². The number of benzene rings is 2. The van der Waals surface area contributed by atoms with E-state index in [9.17, 15) is 14.7 Å². The van der Waals surface area contributed by atoms with Crippen LogP contribution in [0.15, 0.2) is 59.8 Å². The Balaban J connectivity index is 1.05. The van der Waals surface area contributed by atoms with E-state index in [4.69, 9.17) is 18.9 Å². The van der Waals surface area contributed by atoms with Crippen LogP contribution in [-0.4, -0.2) is 110 Å². The monoisotopic (exact) mass is 734 g/mol. The molecule has 0 bridgehead atoms. The Morgan fingerprint density at radius 2 is 1.78 bits per heavy atom. The number of aliphatic hydroxyl groups excluding tert-OH is 1. The number of rotatable bonds is 3. The first-order valence-electron chi connectivity index (χ1n) is 20.4. The zero-order valence-corrected chi connectivity index (χ0v) is 31.2. The lowest BCUT2D eigenvalue weighted by atomic mass is 9.46. The fourth-order valence-corrected chi connectivity index (χ4v) is 15.7. The summed E-state index contributed by atoms with van der Waals surface area (Å²) < 4.78 is 25.0. The first-order chi connectivity index (χ1) is 26.3. The standard InChI is InChI=1S/C43H50N4O7/c1-51-30-10-6-5-9-29(30)47-23-42(20-24-19-41-22-32(48)54-31(41)12-16-45-15-11-25(33(24)47)35(41)45)38-40(14-18-53-38)21-26(36(49)52-2)34-43(13-17-46(37(40)43)39(42)50)27-7-3-4-8-28(27)44-34/h3-10,24-25,31,33,35,37-39,44,50H,11-23H2,1-2H3/t24?,25-,31+,33?,35?,37?,38-,39-,40+,41+,42+,43+/m1/s1. The number of esters is 2. The smallest absolute Gasteiger partial charge is 0.335 e. The number of hydrogen-bond donors (Lipinski definition) is 2. The van der Waals surface area contributed by atoms with Crippen LogP contribution in [0.25, 0.3) is 0 Å². The molecule has 2 aromatic carbocycles. The Labute approximate surface area is 315 Å². The predicted molar refractivity (Wildman–Crippen MR) is 198 cm³/mol. The van der Waals surface area contributed by atoms with Crippen molar-refractivity contribution < 1.29 is 33.6 Å². The molecule has 284 valence electrons. The molecule has 0 aromatic heterocycles. The molecular formula is C43H50N4O7. The number of nitrogens with one attached hydrogen (secondary N) is 1. The van der Waals surface area contributed by atoms with E-state index in [1.165, 1.54) is 12.7 Å². The van der Waals surface area contributed by atoms with E-state index in [0.29, 0.717) is 44.5 Å². The molecule has 12 rings (SSSR count). The average Bonchev–Trinajstić information content (AvgIpc) is 4.02.